The highest BCUT2D eigenvalue weighted by Gasteiger charge is 2.38. The van der Waals surface area contributed by atoms with E-state index in [-0.39, 0.29) is 5.92 Å². The molecule has 92 valence electrons. The zero-order valence-electron chi connectivity index (χ0n) is 10.2. The molecule has 1 amide bonds. The largest absolute Gasteiger partial charge is 0.467 e. The summed E-state index contributed by atoms with van der Waals surface area (Å²) in [6, 6.07) is -0.570. The second-order valence-corrected chi connectivity index (χ2v) is 4.98. The second-order valence-electron chi connectivity index (χ2n) is 4.98. The minimum Gasteiger partial charge on any atom is -0.467 e. The number of ether oxygens (including phenoxy) is 2. The van der Waals surface area contributed by atoms with Crippen LogP contribution in [0.1, 0.15) is 33.6 Å². The number of alkyl carbamates (subject to hydrolysis) is 1. The van der Waals surface area contributed by atoms with Gasteiger partial charge < -0.3 is 14.8 Å². The van der Waals surface area contributed by atoms with Crippen LogP contribution in [0.15, 0.2) is 0 Å². The van der Waals surface area contributed by atoms with Crippen LogP contribution in [-0.4, -0.2) is 30.8 Å². The van der Waals surface area contributed by atoms with Crippen LogP contribution in [0.4, 0.5) is 4.79 Å². The predicted molar refractivity (Wildman–Crippen MR) is 57.9 cm³/mol. The van der Waals surface area contributed by atoms with Crippen LogP contribution < -0.4 is 5.32 Å². The molecule has 1 saturated carbocycles. The smallest absolute Gasteiger partial charge is 0.408 e. The molecule has 0 saturated heterocycles. The summed E-state index contributed by atoms with van der Waals surface area (Å²) in [7, 11) is 1.31. The number of methoxy groups -OCH3 is 1. The number of esters is 1. The molecule has 1 rings (SSSR count). The summed E-state index contributed by atoms with van der Waals surface area (Å²) in [5.74, 6) is -0.215. The number of carbonyl (C=O) groups excluding carboxylic acids is 2. The minimum atomic E-state index is -0.574. The van der Waals surface area contributed by atoms with E-state index in [2.05, 4.69) is 10.1 Å². The molecule has 1 unspecified atom stereocenters. The van der Waals surface area contributed by atoms with Gasteiger partial charge in [0, 0.05) is 0 Å². The lowest BCUT2D eigenvalue weighted by Crippen LogP contribution is -2.45. The molecule has 0 aromatic heterocycles. The first kappa shape index (κ1) is 12.8. The van der Waals surface area contributed by atoms with Gasteiger partial charge in [-0.3, -0.25) is 0 Å². The quantitative estimate of drug-likeness (QED) is 0.744. The molecule has 1 aliphatic rings. The summed E-state index contributed by atoms with van der Waals surface area (Å²) in [6.45, 7) is 5.32. The van der Waals surface area contributed by atoms with E-state index in [1.807, 2.05) is 0 Å². The zero-order chi connectivity index (χ0) is 12.3. The van der Waals surface area contributed by atoms with E-state index < -0.39 is 23.7 Å². The molecule has 5 heteroatoms. The molecule has 0 aromatic carbocycles. The maximum absolute atomic E-state index is 11.5. The molecule has 16 heavy (non-hydrogen) atoms. The molecule has 5 nitrogen and oxygen atoms in total. The molecule has 1 fully saturated rings. The van der Waals surface area contributed by atoms with Gasteiger partial charge in [0.15, 0.2) is 0 Å². The molecular formula is C11H19NO4. The van der Waals surface area contributed by atoms with E-state index >= 15 is 0 Å². The average Bonchev–Trinajstić information content (AvgIpc) is 2.93. The Balaban J connectivity index is 2.49. The fourth-order valence-electron chi connectivity index (χ4n) is 1.36. The monoisotopic (exact) mass is 229 g/mol. The Kier molecular flexibility index (Phi) is 3.78. The molecular weight excluding hydrogens is 210 g/mol. The Morgan fingerprint density at radius 2 is 1.88 bits per heavy atom. The molecule has 0 aliphatic heterocycles. The van der Waals surface area contributed by atoms with Crippen LogP contribution in [0.5, 0.6) is 0 Å². The van der Waals surface area contributed by atoms with Crippen molar-refractivity contribution in [3.63, 3.8) is 0 Å². The fourth-order valence-corrected chi connectivity index (χ4v) is 1.36. The first-order valence-electron chi connectivity index (χ1n) is 5.41. The first-order chi connectivity index (χ1) is 7.33. The molecule has 1 aliphatic carbocycles. The molecule has 1 N–H and O–H groups in total. The van der Waals surface area contributed by atoms with Crippen LogP contribution in [0.25, 0.3) is 0 Å². The molecule has 1 atom stereocenters. The summed E-state index contributed by atoms with van der Waals surface area (Å²) >= 11 is 0. The Morgan fingerprint density at radius 3 is 2.25 bits per heavy atom. The van der Waals surface area contributed by atoms with Gasteiger partial charge in [0.2, 0.25) is 0 Å². The number of hydrogen-bond donors (Lipinski definition) is 1. The van der Waals surface area contributed by atoms with E-state index in [0.717, 1.165) is 12.8 Å². The molecule has 0 aromatic rings. The Labute approximate surface area is 95.5 Å². The number of rotatable bonds is 3. The van der Waals surface area contributed by atoms with E-state index in [9.17, 15) is 9.59 Å². The van der Waals surface area contributed by atoms with Gasteiger partial charge in [0.25, 0.3) is 0 Å². The average molecular weight is 229 g/mol. The third-order valence-electron chi connectivity index (χ3n) is 2.22. The van der Waals surface area contributed by atoms with Gasteiger partial charge in [-0.15, -0.1) is 0 Å². The normalized spacial score (nSPS) is 17.5. The van der Waals surface area contributed by atoms with Crippen LogP contribution >= 0.6 is 0 Å². The Bertz CT molecular complexity index is 278. The van der Waals surface area contributed by atoms with Crippen molar-refractivity contribution >= 4 is 12.1 Å². The van der Waals surface area contributed by atoms with Crippen molar-refractivity contribution in [2.24, 2.45) is 5.92 Å². The van der Waals surface area contributed by atoms with Crippen molar-refractivity contribution in [1.82, 2.24) is 5.32 Å². The van der Waals surface area contributed by atoms with Gasteiger partial charge in [-0.1, -0.05) is 0 Å². The van der Waals surface area contributed by atoms with Gasteiger partial charge in [-0.05, 0) is 39.5 Å². The van der Waals surface area contributed by atoms with E-state index in [1.54, 1.807) is 20.8 Å². The topological polar surface area (TPSA) is 64.6 Å². The van der Waals surface area contributed by atoms with Gasteiger partial charge in [0.1, 0.15) is 11.6 Å². The Morgan fingerprint density at radius 1 is 1.31 bits per heavy atom. The maximum atomic E-state index is 11.5. The lowest BCUT2D eigenvalue weighted by molar-refractivity contribution is -0.143. The van der Waals surface area contributed by atoms with Crippen molar-refractivity contribution in [3.8, 4) is 0 Å². The van der Waals surface area contributed by atoms with Crippen molar-refractivity contribution < 1.29 is 19.1 Å². The highest BCUT2D eigenvalue weighted by atomic mass is 16.6. The highest BCUT2D eigenvalue weighted by molar-refractivity contribution is 5.82. The van der Waals surface area contributed by atoms with Crippen LogP contribution in [0.2, 0.25) is 0 Å². The number of nitrogens with one attached hydrogen (secondary N) is 1. The Hall–Kier alpha value is -1.26. The van der Waals surface area contributed by atoms with Crippen molar-refractivity contribution in [2.75, 3.05) is 7.11 Å². The maximum Gasteiger partial charge on any atom is 0.408 e. The van der Waals surface area contributed by atoms with E-state index in [4.69, 9.17) is 4.74 Å². The summed E-state index contributed by atoms with van der Waals surface area (Å²) in [6.07, 6.45) is 1.31. The fraction of sp³-hybridized carbons (Fsp3) is 0.818. The number of carbonyl (C=O) groups is 2. The summed E-state index contributed by atoms with van der Waals surface area (Å²) in [5.41, 5.74) is -0.561. The lowest BCUT2D eigenvalue weighted by Gasteiger charge is -2.22. The van der Waals surface area contributed by atoms with Crippen LogP contribution in [0, 0.1) is 5.92 Å². The highest BCUT2D eigenvalue weighted by Crippen LogP contribution is 2.33. The van der Waals surface area contributed by atoms with E-state index in [1.165, 1.54) is 7.11 Å². The van der Waals surface area contributed by atoms with E-state index in [0.29, 0.717) is 0 Å². The third kappa shape index (κ3) is 4.08. The second kappa shape index (κ2) is 4.72. The minimum absolute atomic E-state index is 0.194. The molecule has 0 radical (unpaired) electrons. The zero-order valence-corrected chi connectivity index (χ0v) is 10.2. The standard InChI is InChI=1S/C11H19NO4/c1-11(2,3)16-10(14)12-8(7-5-6-7)9(13)15-4/h7-8H,5-6H2,1-4H3,(H,12,14). The SMILES string of the molecule is COC(=O)C(NC(=O)OC(C)(C)C)C1CC1. The van der Waals surface area contributed by atoms with Crippen molar-refractivity contribution in [2.45, 2.75) is 45.3 Å². The molecule has 0 spiro atoms. The van der Waals surface area contributed by atoms with Crippen molar-refractivity contribution in [3.05, 3.63) is 0 Å². The number of amides is 1. The van der Waals surface area contributed by atoms with Gasteiger partial charge in [-0.2, -0.15) is 0 Å². The summed E-state index contributed by atoms with van der Waals surface area (Å²) < 4.78 is 9.72. The third-order valence-corrected chi connectivity index (χ3v) is 2.22. The van der Waals surface area contributed by atoms with Gasteiger partial charge in [-0.25, -0.2) is 9.59 Å². The summed E-state index contributed by atoms with van der Waals surface area (Å²) in [5, 5.41) is 2.55. The molecule has 0 heterocycles. The van der Waals surface area contributed by atoms with Crippen molar-refractivity contribution in [1.29, 1.82) is 0 Å². The van der Waals surface area contributed by atoms with Gasteiger partial charge in [0.05, 0.1) is 7.11 Å². The van der Waals surface area contributed by atoms with Gasteiger partial charge >= 0.3 is 12.1 Å². The number of hydrogen-bond acceptors (Lipinski definition) is 4. The summed E-state index contributed by atoms with van der Waals surface area (Å²) in [4.78, 5) is 22.9. The van der Waals surface area contributed by atoms with Crippen LogP contribution in [-0.2, 0) is 14.3 Å². The molecule has 0 bridgehead atoms. The first-order valence-corrected chi connectivity index (χ1v) is 5.41. The lowest BCUT2D eigenvalue weighted by atomic mass is 10.2. The predicted octanol–water partition coefficient (Wildman–Crippen LogP) is 1.46. The van der Waals surface area contributed by atoms with Crippen LogP contribution in [0.3, 0.4) is 0 Å².